The maximum absolute atomic E-state index is 2.64. The van der Waals surface area contributed by atoms with Crippen LogP contribution in [-0.4, -0.2) is 8.07 Å². The molecule has 3 rings (SSSR count). The Morgan fingerprint density at radius 2 is 1.67 bits per heavy atom. The Bertz CT molecular complexity index is 567. The normalized spacial score (nSPS) is 25.1. The minimum atomic E-state index is -1.46. The van der Waals surface area contributed by atoms with Crippen molar-refractivity contribution in [2.45, 2.75) is 48.5 Å². The first-order valence-electron chi connectivity index (χ1n) is 8.34. The molecule has 1 fully saturated rings. The molecule has 0 spiro atoms. The minimum Gasteiger partial charge on any atom is -1.00 e. The molecule has 0 saturated carbocycles. The van der Waals surface area contributed by atoms with Crippen molar-refractivity contribution in [1.82, 2.24) is 0 Å². The molecule has 0 radical (unpaired) electrons. The van der Waals surface area contributed by atoms with Crippen molar-refractivity contribution in [3.63, 3.8) is 0 Å². The van der Waals surface area contributed by atoms with E-state index in [0.717, 1.165) is 0 Å². The maximum Gasteiger partial charge on any atom is -1.00 e. The monoisotopic (exact) mass is 434 g/mol. The Kier molecular flexibility index (Phi) is 10.2. The molecule has 5 heteroatoms. The van der Waals surface area contributed by atoms with Crippen molar-refractivity contribution in [2.24, 2.45) is 5.92 Å². The van der Waals surface area contributed by atoms with Gasteiger partial charge in [0, 0.05) is 0 Å². The third kappa shape index (κ3) is 4.25. The molecule has 2 unspecified atom stereocenters. The third-order valence-corrected chi connectivity index (χ3v) is 14.2. The van der Waals surface area contributed by atoms with E-state index in [-0.39, 0.29) is 37.2 Å². The van der Waals surface area contributed by atoms with Crippen LogP contribution in [0.2, 0.25) is 15.4 Å². The first kappa shape index (κ1) is 24.5. The first-order valence-corrected chi connectivity index (χ1v) is 11.5. The zero-order chi connectivity index (χ0) is 14.9. The molecule has 0 aromatic heterocycles. The Hall–Kier alpha value is 0.501. The number of allylic oxidation sites excluding steroid dienone is 4. The van der Waals surface area contributed by atoms with Crippen LogP contribution in [0.1, 0.15) is 33.1 Å². The Labute approximate surface area is 178 Å². The molecule has 0 bridgehead atoms. The molecule has 2 atom stereocenters. The summed E-state index contributed by atoms with van der Waals surface area (Å²) in [7, 11) is -1.46. The van der Waals surface area contributed by atoms with Crippen LogP contribution in [0.15, 0.2) is 54.1 Å². The smallest absolute Gasteiger partial charge is 1.00 e. The molecule has 24 heavy (non-hydrogen) atoms. The van der Waals surface area contributed by atoms with Crippen LogP contribution in [0, 0.1) is 5.92 Å². The molecule has 0 amide bonds. The molecule has 1 saturated heterocycles. The summed E-state index contributed by atoms with van der Waals surface area (Å²) < 4.78 is 0.323. The quantitative estimate of drug-likeness (QED) is 0.422. The summed E-state index contributed by atoms with van der Waals surface area (Å²) in [6.07, 6.45) is 11.7. The van der Waals surface area contributed by atoms with Gasteiger partial charge in [-0.15, -0.1) is 0 Å². The Morgan fingerprint density at radius 1 is 1.08 bits per heavy atom. The van der Waals surface area contributed by atoms with E-state index in [2.05, 4.69) is 82.8 Å². The van der Waals surface area contributed by atoms with E-state index in [9.17, 15) is 0 Å². The summed E-state index contributed by atoms with van der Waals surface area (Å²) >= 11 is 2.52. The average molecular weight is 436 g/mol. The molecule has 1 heterocycles. The van der Waals surface area contributed by atoms with Gasteiger partial charge in [0.15, 0.2) is 0 Å². The van der Waals surface area contributed by atoms with Gasteiger partial charge in [-0.25, -0.2) is 0 Å². The van der Waals surface area contributed by atoms with Crippen LogP contribution in [-0.2, 0) is 20.4 Å². The van der Waals surface area contributed by atoms with Crippen molar-refractivity contribution >= 4 is 13.3 Å². The van der Waals surface area contributed by atoms with Crippen molar-refractivity contribution in [2.75, 3.05) is 0 Å². The minimum absolute atomic E-state index is 0. The van der Waals surface area contributed by atoms with Gasteiger partial charge in [0.1, 0.15) is 0 Å². The summed E-state index contributed by atoms with van der Waals surface area (Å²) in [5.74, 6) is 0.700. The van der Waals surface area contributed by atoms with Gasteiger partial charge < -0.3 is 37.2 Å². The summed E-state index contributed by atoms with van der Waals surface area (Å²) in [5.41, 5.74) is 1.58. The molecular formula is C19H25Cl3SiTi. The van der Waals surface area contributed by atoms with E-state index >= 15 is 0 Å². The van der Waals surface area contributed by atoms with Crippen LogP contribution >= 0.6 is 0 Å². The molecular weight excluding hydrogens is 411 g/mol. The Morgan fingerprint density at radius 3 is 2.21 bits per heavy atom. The van der Waals surface area contributed by atoms with Gasteiger partial charge in [-0.2, -0.15) is 0 Å². The fourth-order valence-corrected chi connectivity index (χ4v) is 11.9. The molecule has 130 valence electrons. The zero-order valence-corrected chi connectivity index (χ0v) is 19.2. The number of hydrogen-bond acceptors (Lipinski definition) is 0. The van der Waals surface area contributed by atoms with Gasteiger partial charge in [0.25, 0.3) is 0 Å². The molecule has 1 aromatic rings. The van der Waals surface area contributed by atoms with Gasteiger partial charge in [-0.3, -0.25) is 0 Å². The predicted octanol–water partition coefficient (Wildman–Crippen LogP) is -4.06. The van der Waals surface area contributed by atoms with Crippen LogP contribution in [0.3, 0.4) is 0 Å². The van der Waals surface area contributed by atoms with Gasteiger partial charge in [0.2, 0.25) is 0 Å². The van der Waals surface area contributed by atoms with Crippen LogP contribution in [0.25, 0.3) is 0 Å². The molecule has 0 N–H and O–H groups in total. The van der Waals surface area contributed by atoms with Crippen molar-refractivity contribution < 1.29 is 57.7 Å². The van der Waals surface area contributed by atoms with Crippen molar-refractivity contribution in [3.8, 4) is 0 Å². The molecule has 0 nitrogen and oxygen atoms in total. The van der Waals surface area contributed by atoms with E-state index < -0.39 is 8.07 Å². The van der Waals surface area contributed by atoms with Gasteiger partial charge in [0.05, 0.1) is 0 Å². The third-order valence-electron chi connectivity index (χ3n) is 5.69. The number of rotatable bonds is 4. The summed E-state index contributed by atoms with van der Waals surface area (Å²) in [6.45, 7) is 4.67. The van der Waals surface area contributed by atoms with Crippen LogP contribution in [0.4, 0.5) is 0 Å². The summed E-state index contributed by atoms with van der Waals surface area (Å²) in [4.78, 5) is 0. The molecule has 1 aromatic carbocycles. The standard InChI is InChI=1S/C19H25Si.3ClH.Ti/c1-3-16(2)17-11-12-19(15-17)20(13-7-8-14-20)18-9-5-4-6-10-18;;;;/h4-6,9-12,15-16H,3,7-8,13-14H2,1-2H3;3*1H;/q;;;;+3/p-3. The van der Waals surface area contributed by atoms with E-state index in [1.807, 2.05) is 0 Å². The van der Waals surface area contributed by atoms with Crippen molar-refractivity contribution in [3.05, 3.63) is 54.1 Å². The summed E-state index contributed by atoms with van der Waals surface area (Å²) in [5, 5.41) is 1.68. The first-order chi connectivity index (χ1) is 10.1. The largest absolute Gasteiger partial charge is 1.00 e. The van der Waals surface area contributed by atoms with Crippen LogP contribution < -0.4 is 42.4 Å². The number of benzene rings is 1. The van der Waals surface area contributed by atoms with E-state index in [1.54, 1.807) is 10.8 Å². The number of halogens is 3. The molecule has 1 aliphatic heterocycles. The average Bonchev–Trinajstić information content (AvgIpc) is 3.16. The second-order valence-electron chi connectivity index (χ2n) is 6.81. The van der Waals surface area contributed by atoms with Gasteiger partial charge >= 0.3 is 142 Å². The second kappa shape index (κ2) is 10.00. The Balaban J connectivity index is 0.00000176. The van der Waals surface area contributed by atoms with Crippen molar-refractivity contribution in [1.29, 1.82) is 0 Å². The molecule has 1 aliphatic carbocycles. The predicted molar refractivity (Wildman–Crippen MR) is 90.0 cm³/mol. The fraction of sp³-hybridized carbons (Fsp3) is 0.474. The summed E-state index contributed by atoms with van der Waals surface area (Å²) in [6, 6.07) is 14.4. The van der Waals surface area contributed by atoms with Gasteiger partial charge in [-0.05, 0) is 0 Å². The van der Waals surface area contributed by atoms with Crippen LogP contribution in [0.5, 0.6) is 0 Å². The second-order valence-corrected chi connectivity index (χ2v) is 13.5. The molecule has 2 aliphatic rings. The SMILES string of the molecule is CCC(C)C1=C[C]([Ti+3])([Si]2(c3ccccc3)CCCC2)C=C1.[Cl-].[Cl-].[Cl-]. The zero-order valence-electron chi connectivity index (χ0n) is 14.4. The fourth-order valence-electron chi connectivity index (χ4n) is 4.10. The van der Waals surface area contributed by atoms with E-state index in [0.29, 0.717) is 9.26 Å². The van der Waals surface area contributed by atoms with Gasteiger partial charge in [-0.1, -0.05) is 0 Å². The topological polar surface area (TPSA) is 0 Å². The van der Waals surface area contributed by atoms with E-state index in [1.165, 1.54) is 31.4 Å². The number of hydrogen-bond donors (Lipinski definition) is 0. The van der Waals surface area contributed by atoms with E-state index in [4.69, 9.17) is 0 Å². The maximum atomic E-state index is 2.64.